The molecule has 1 aromatic heterocycles. The maximum absolute atomic E-state index is 8.92. The van der Waals surface area contributed by atoms with E-state index < -0.39 is 0 Å². The highest BCUT2D eigenvalue weighted by molar-refractivity contribution is 7.22. The number of aromatic nitrogens is 1. The first-order valence-electron chi connectivity index (χ1n) is 5.20. The minimum absolute atomic E-state index is 0.185. The molecule has 86 valence electrons. The van der Waals surface area contributed by atoms with Crippen LogP contribution >= 0.6 is 11.3 Å². The molecule has 0 bridgehead atoms. The second kappa shape index (κ2) is 4.67. The third kappa shape index (κ3) is 2.43. The first-order chi connectivity index (χ1) is 7.69. The van der Waals surface area contributed by atoms with Gasteiger partial charge in [-0.2, -0.15) is 0 Å². The number of benzene rings is 1. The molecule has 0 saturated heterocycles. The van der Waals surface area contributed by atoms with E-state index >= 15 is 0 Å². The Bertz CT molecular complexity index is 483. The predicted octanol–water partition coefficient (Wildman–Crippen LogP) is 1.92. The molecule has 4 nitrogen and oxygen atoms in total. The summed E-state index contributed by atoms with van der Waals surface area (Å²) in [5, 5.41) is 13.0. The quantitative estimate of drug-likeness (QED) is 0.710. The van der Waals surface area contributed by atoms with E-state index in [0.29, 0.717) is 0 Å². The van der Waals surface area contributed by atoms with Gasteiger partial charge < -0.3 is 16.2 Å². The van der Waals surface area contributed by atoms with Crippen LogP contribution in [0.1, 0.15) is 6.92 Å². The van der Waals surface area contributed by atoms with Gasteiger partial charge in [-0.1, -0.05) is 18.3 Å². The van der Waals surface area contributed by atoms with E-state index in [9.17, 15) is 0 Å². The van der Waals surface area contributed by atoms with E-state index in [1.54, 1.807) is 11.3 Å². The molecule has 0 aliphatic rings. The Labute approximate surface area is 98.1 Å². The van der Waals surface area contributed by atoms with Crippen LogP contribution < -0.4 is 11.1 Å². The van der Waals surface area contributed by atoms with Gasteiger partial charge in [0.25, 0.3) is 0 Å². The SMILES string of the molecule is CC(CO)CNc1nc2ccc(N)cc2s1. The fourth-order valence-corrected chi connectivity index (χ4v) is 2.26. The molecule has 2 aromatic rings. The third-order valence-corrected chi connectivity index (χ3v) is 3.30. The van der Waals surface area contributed by atoms with Gasteiger partial charge in [0.05, 0.1) is 10.2 Å². The van der Waals surface area contributed by atoms with E-state index in [-0.39, 0.29) is 12.5 Å². The van der Waals surface area contributed by atoms with Crippen LogP contribution in [0.4, 0.5) is 10.8 Å². The summed E-state index contributed by atoms with van der Waals surface area (Å²) in [7, 11) is 0. The van der Waals surface area contributed by atoms with Crippen molar-refractivity contribution in [3.8, 4) is 0 Å². The molecule has 1 heterocycles. The number of aliphatic hydroxyl groups excluding tert-OH is 1. The lowest BCUT2D eigenvalue weighted by molar-refractivity contribution is 0.244. The van der Waals surface area contributed by atoms with Crippen molar-refractivity contribution < 1.29 is 5.11 Å². The highest BCUT2D eigenvalue weighted by Crippen LogP contribution is 2.27. The van der Waals surface area contributed by atoms with E-state index in [2.05, 4.69) is 10.3 Å². The number of nitrogen functional groups attached to an aromatic ring is 1. The van der Waals surface area contributed by atoms with E-state index in [1.165, 1.54) is 0 Å². The average Bonchev–Trinajstić information content (AvgIpc) is 2.67. The number of thiazole rings is 1. The number of hydrogen-bond acceptors (Lipinski definition) is 5. The van der Waals surface area contributed by atoms with Crippen molar-refractivity contribution in [3.63, 3.8) is 0 Å². The molecular formula is C11H15N3OS. The van der Waals surface area contributed by atoms with Gasteiger partial charge in [0.15, 0.2) is 5.13 Å². The van der Waals surface area contributed by atoms with Crippen molar-refractivity contribution in [2.75, 3.05) is 24.2 Å². The minimum atomic E-state index is 0.185. The summed E-state index contributed by atoms with van der Waals surface area (Å²) < 4.78 is 1.08. The molecule has 0 radical (unpaired) electrons. The predicted molar refractivity (Wildman–Crippen MR) is 68.8 cm³/mol. The summed E-state index contributed by atoms with van der Waals surface area (Å²) in [6.45, 7) is 2.90. The molecular weight excluding hydrogens is 222 g/mol. The fourth-order valence-electron chi connectivity index (χ4n) is 1.34. The largest absolute Gasteiger partial charge is 0.399 e. The van der Waals surface area contributed by atoms with Gasteiger partial charge >= 0.3 is 0 Å². The molecule has 1 atom stereocenters. The Hall–Kier alpha value is -1.33. The molecule has 1 unspecified atom stereocenters. The number of nitrogens with one attached hydrogen (secondary N) is 1. The zero-order chi connectivity index (χ0) is 11.5. The van der Waals surface area contributed by atoms with Gasteiger partial charge in [0, 0.05) is 18.8 Å². The summed E-state index contributed by atoms with van der Waals surface area (Å²) in [6, 6.07) is 5.69. The molecule has 0 amide bonds. The number of aliphatic hydroxyl groups is 1. The number of nitrogens with zero attached hydrogens (tertiary/aromatic N) is 1. The zero-order valence-electron chi connectivity index (χ0n) is 9.10. The Morgan fingerprint density at radius 1 is 1.56 bits per heavy atom. The third-order valence-electron chi connectivity index (χ3n) is 2.33. The molecule has 0 spiro atoms. The van der Waals surface area contributed by atoms with Gasteiger partial charge in [0.2, 0.25) is 0 Å². The molecule has 0 aliphatic carbocycles. The average molecular weight is 237 g/mol. The summed E-state index contributed by atoms with van der Waals surface area (Å²) in [5.41, 5.74) is 7.42. The van der Waals surface area contributed by atoms with Gasteiger partial charge in [-0.05, 0) is 24.1 Å². The molecule has 16 heavy (non-hydrogen) atoms. The zero-order valence-corrected chi connectivity index (χ0v) is 9.92. The van der Waals surface area contributed by atoms with Crippen LogP contribution in [0, 0.1) is 5.92 Å². The molecule has 0 fully saturated rings. The van der Waals surface area contributed by atoms with Crippen LogP contribution in [0.25, 0.3) is 10.2 Å². The van der Waals surface area contributed by atoms with Crippen molar-refractivity contribution in [1.82, 2.24) is 4.98 Å². The van der Waals surface area contributed by atoms with Crippen LogP contribution in [-0.2, 0) is 0 Å². The van der Waals surface area contributed by atoms with Gasteiger partial charge in [-0.15, -0.1) is 0 Å². The lowest BCUT2D eigenvalue weighted by Gasteiger charge is -2.07. The van der Waals surface area contributed by atoms with Crippen molar-refractivity contribution in [2.24, 2.45) is 5.92 Å². The molecule has 2 rings (SSSR count). The highest BCUT2D eigenvalue weighted by atomic mass is 32.1. The number of rotatable bonds is 4. The van der Waals surface area contributed by atoms with Crippen LogP contribution in [0.5, 0.6) is 0 Å². The Balaban J connectivity index is 2.13. The van der Waals surface area contributed by atoms with Crippen LogP contribution in [-0.4, -0.2) is 23.2 Å². The second-order valence-electron chi connectivity index (χ2n) is 3.91. The van der Waals surface area contributed by atoms with Crippen LogP contribution in [0.15, 0.2) is 18.2 Å². The summed E-state index contributed by atoms with van der Waals surface area (Å²) in [4.78, 5) is 4.43. The molecule has 4 N–H and O–H groups in total. The van der Waals surface area contributed by atoms with Crippen molar-refractivity contribution in [3.05, 3.63) is 18.2 Å². The van der Waals surface area contributed by atoms with Gasteiger partial charge in [-0.3, -0.25) is 0 Å². The summed E-state index contributed by atoms with van der Waals surface area (Å²) >= 11 is 1.58. The lowest BCUT2D eigenvalue weighted by atomic mass is 10.2. The molecule has 0 aliphatic heterocycles. The number of fused-ring (bicyclic) bond motifs is 1. The second-order valence-corrected chi connectivity index (χ2v) is 4.95. The monoisotopic (exact) mass is 237 g/mol. The fraction of sp³-hybridized carbons (Fsp3) is 0.364. The molecule has 1 aromatic carbocycles. The van der Waals surface area contributed by atoms with E-state index in [0.717, 1.165) is 27.6 Å². The minimum Gasteiger partial charge on any atom is -0.399 e. The number of anilines is 2. The maximum atomic E-state index is 8.92. The first kappa shape index (κ1) is 11.2. The van der Waals surface area contributed by atoms with Gasteiger partial charge in [-0.25, -0.2) is 4.98 Å². The molecule has 0 saturated carbocycles. The molecule has 5 heteroatoms. The van der Waals surface area contributed by atoms with E-state index in [4.69, 9.17) is 10.8 Å². The van der Waals surface area contributed by atoms with E-state index in [1.807, 2.05) is 25.1 Å². The summed E-state index contributed by atoms with van der Waals surface area (Å²) in [6.07, 6.45) is 0. The Morgan fingerprint density at radius 2 is 2.38 bits per heavy atom. The topological polar surface area (TPSA) is 71.2 Å². The van der Waals surface area contributed by atoms with Crippen LogP contribution in [0.3, 0.4) is 0 Å². The summed E-state index contributed by atoms with van der Waals surface area (Å²) in [5.74, 6) is 0.233. The van der Waals surface area contributed by atoms with Gasteiger partial charge in [0.1, 0.15) is 0 Å². The highest BCUT2D eigenvalue weighted by Gasteiger charge is 2.05. The number of hydrogen-bond donors (Lipinski definition) is 3. The van der Waals surface area contributed by atoms with Crippen molar-refractivity contribution in [1.29, 1.82) is 0 Å². The Kier molecular flexibility index (Phi) is 3.26. The van der Waals surface area contributed by atoms with Crippen molar-refractivity contribution in [2.45, 2.75) is 6.92 Å². The Morgan fingerprint density at radius 3 is 3.12 bits per heavy atom. The first-order valence-corrected chi connectivity index (χ1v) is 6.01. The van der Waals surface area contributed by atoms with Crippen molar-refractivity contribution >= 4 is 32.4 Å². The lowest BCUT2D eigenvalue weighted by Crippen LogP contribution is -2.14. The normalized spacial score (nSPS) is 12.9. The maximum Gasteiger partial charge on any atom is 0.183 e. The smallest absolute Gasteiger partial charge is 0.183 e. The van der Waals surface area contributed by atoms with Crippen LogP contribution in [0.2, 0.25) is 0 Å². The number of nitrogens with two attached hydrogens (primary N) is 1. The standard InChI is InChI=1S/C11H15N3OS/c1-7(6-15)5-13-11-14-9-3-2-8(12)4-10(9)16-11/h2-4,7,15H,5-6,12H2,1H3,(H,13,14).